The molecule has 0 saturated carbocycles. The quantitative estimate of drug-likeness (QED) is 0.617. The third-order valence-electron chi connectivity index (χ3n) is 6.03. The summed E-state index contributed by atoms with van der Waals surface area (Å²) in [5, 5.41) is 3.86. The standard InChI is InChI=1S/C23H24F3N5O2/c1-14-12-30(8-9-33-14)18-3-2-16(11-17(18)24)28-21-20-15(4-6-27-22(20)32)10-19(29-21)31-7-5-23(25,26)13-31/h2-4,6,10-11,14H,5,7-9,12-13H2,1H3,(H,27,32)(H,28,29)/t14-/m1/s1. The molecule has 2 aliphatic rings. The number of anilines is 4. The van der Waals surface area contributed by atoms with E-state index in [1.54, 1.807) is 24.3 Å². The van der Waals surface area contributed by atoms with Gasteiger partial charge in [-0.1, -0.05) is 0 Å². The smallest absolute Gasteiger partial charge is 0.266 e. The Morgan fingerprint density at radius 2 is 2.06 bits per heavy atom. The normalized spacial score (nSPS) is 20.4. The Kier molecular flexibility index (Phi) is 5.40. The van der Waals surface area contributed by atoms with Crippen LogP contribution in [-0.2, 0) is 4.74 Å². The summed E-state index contributed by atoms with van der Waals surface area (Å²) < 4.78 is 48.0. The summed E-state index contributed by atoms with van der Waals surface area (Å²) in [4.78, 5) is 23.0. The molecule has 0 spiro atoms. The van der Waals surface area contributed by atoms with Gasteiger partial charge in [0.1, 0.15) is 17.5 Å². The highest BCUT2D eigenvalue weighted by molar-refractivity contribution is 5.94. The lowest BCUT2D eigenvalue weighted by Crippen LogP contribution is -2.41. The van der Waals surface area contributed by atoms with Crippen LogP contribution >= 0.6 is 0 Å². The number of hydrogen-bond donors (Lipinski definition) is 2. The van der Waals surface area contributed by atoms with Crippen LogP contribution in [0.5, 0.6) is 0 Å². The van der Waals surface area contributed by atoms with Crippen molar-refractivity contribution in [3.8, 4) is 0 Å². The van der Waals surface area contributed by atoms with Gasteiger partial charge in [0.2, 0.25) is 0 Å². The number of nitrogens with one attached hydrogen (secondary N) is 2. The Bertz CT molecular complexity index is 1250. The average Bonchev–Trinajstić information content (AvgIpc) is 3.13. The van der Waals surface area contributed by atoms with Crippen LogP contribution in [-0.4, -0.2) is 54.8 Å². The fourth-order valence-electron chi connectivity index (χ4n) is 4.40. The average molecular weight is 459 g/mol. The molecule has 0 radical (unpaired) electrons. The van der Waals surface area contributed by atoms with E-state index in [2.05, 4.69) is 15.3 Å². The second-order valence-corrected chi connectivity index (χ2v) is 8.55. The minimum absolute atomic E-state index is 0.0129. The first-order valence-corrected chi connectivity index (χ1v) is 10.9. The van der Waals surface area contributed by atoms with Crippen molar-refractivity contribution in [2.24, 2.45) is 0 Å². The predicted molar refractivity (Wildman–Crippen MR) is 121 cm³/mol. The van der Waals surface area contributed by atoms with Crippen molar-refractivity contribution < 1.29 is 17.9 Å². The van der Waals surface area contributed by atoms with E-state index in [4.69, 9.17) is 4.74 Å². The first-order chi connectivity index (χ1) is 15.8. The molecule has 5 rings (SSSR count). The molecule has 174 valence electrons. The molecule has 0 unspecified atom stereocenters. The molecule has 1 aromatic carbocycles. The van der Waals surface area contributed by atoms with Gasteiger partial charge in [-0.3, -0.25) is 4.79 Å². The molecule has 2 fully saturated rings. The second kappa shape index (κ2) is 8.26. The molecule has 2 aliphatic heterocycles. The predicted octanol–water partition coefficient (Wildman–Crippen LogP) is 3.88. The van der Waals surface area contributed by atoms with E-state index < -0.39 is 18.3 Å². The van der Waals surface area contributed by atoms with Crippen LogP contribution in [0.1, 0.15) is 13.3 Å². The zero-order chi connectivity index (χ0) is 23.2. The molecule has 4 heterocycles. The van der Waals surface area contributed by atoms with Crippen LogP contribution < -0.4 is 20.7 Å². The van der Waals surface area contributed by atoms with E-state index in [-0.39, 0.29) is 35.8 Å². The van der Waals surface area contributed by atoms with Crippen molar-refractivity contribution in [1.82, 2.24) is 9.97 Å². The lowest BCUT2D eigenvalue weighted by Gasteiger charge is -2.33. The molecule has 0 aliphatic carbocycles. The van der Waals surface area contributed by atoms with Gasteiger partial charge in [0.05, 0.1) is 30.3 Å². The zero-order valence-electron chi connectivity index (χ0n) is 18.1. The highest BCUT2D eigenvalue weighted by Crippen LogP contribution is 2.33. The van der Waals surface area contributed by atoms with Crippen LogP contribution in [0.4, 0.5) is 36.2 Å². The van der Waals surface area contributed by atoms with Gasteiger partial charge in [-0.25, -0.2) is 18.2 Å². The fourth-order valence-corrected chi connectivity index (χ4v) is 4.40. The van der Waals surface area contributed by atoms with E-state index in [0.29, 0.717) is 42.3 Å². The summed E-state index contributed by atoms with van der Waals surface area (Å²) in [6, 6.07) is 8.04. The van der Waals surface area contributed by atoms with Crippen LogP contribution in [0.25, 0.3) is 10.8 Å². The Hall–Kier alpha value is -3.27. The number of halogens is 3. The number of morpholine rings is 1. The van der Waals surface area contributed by atoms with Crippen molar-refractivity contribution in [2.45, 2.75) is 25.4 Å². The fraction of sp³-hybridized carbons (Fsp3) is 0.391. The van der Waals surface area contributed by atoms with E-state index in [1.807, 2.05) is 11.8 Å². The number of hydrogen-bond acceptors (Lipinski definition) is 6. The Morgan fingerprint density at radius 3 is 2.79 bits per heavy atom. The van der Waals surface area contributed by atoms with E-state index in [1.165, 1.54) is 17.2 Å². The molecule has 3 aromatic rings. The molecule has 10 heteroatoms. The van der Waals surface area contributed by atoms with Gasteiger partial charge in [0, 0.05) is 37.9 Å². The van der Waals surface area contributed by atoms with Crippen LogP contribution in [0, 0.1) is 5.82 Å². The maximum Gasteiger partial charge on any atom is 0.266 e. The molecule has 7 nitrogen and oxygen atoms in total. The van der Waals surface area contributed by atoms with Crippen LogP contribution in [0.2, 0.25) is 0 Å². The van der Waals surface area contributed by atoms with Crippen molar-refractivity contribution in [2.75, 3.05) is 47.9 Å². The lowest BCUT2D eigenvalue weighted by atomic mass is 10.2. The first kappa shape index (κ1) is 21.6. The zero-order valence-corrected chi connectivity index (χ0v) is 18.1. The molecular weight excluding hydrogens is 435 g/mol. The third-order valence-corrected chi connectivity index (χ3v) is 6.03. The minimum atomic E-state index is -2.78. The van der Waals surface area contributed by atoms with Gasteiger partial charge >= 0.3 is 0 Å². The van der Waals surface area contributed by atoms with Crippen molar-refractivity contribution in [1.29, 1.82) is 0 Å². The number of aromatic amines is 1. The van der Waals surface area contributed by atoms with E-state index in [9.17, 15) is 18.0 Å². The summed E-state index contributed by atoms with van der Waals surface area (Å²) in [5.41, 5.74) is 0.498. The van der Waals surface area contributed by atoms with Gasteiger partial charge < -0.3 is 24.8 Å². The monoisotopic (exact) mass is 459 g/mol. The lowest BCUT2D eigenvalue weighted by molar-refractivity contribution is 0.0256. The third kappa shape index (κ3) is 4.35. The second-order valence-electron chi connectivity index (χ2n) is 8.55. The van der Waals surface area contributed by atoms with Gasteiger partial charge in [-0.15, -0.1) is 0 Å². The summed E-state index contributed by atoms with van der Waals surface area (Å²) in [7, 11) is 0. The van der Waals surface area contributed by atoms with Gasteiger partial charge in [0.25, 0.3) is 11.5 Å². The Labute approximate surface area is 188 Å². The number of rotatable bonds is 4. The number of H-pyrrole nitrogens is 1. The number of nitrogens with zero attached hydrogens (tertiary/aromatic N) is 3. The molecule has 2 N–H and O–H groups in total. The van der Waals surface area contributed by atoms with Crippen molar-refractivity contribution >= 4 is 33.8 Å². The summed E-state index contributed by atoms with van der Waals surface area (Å²) in [6.07, 6.45) is 1.26. The molecule has 33 heavy (non-hydrogen) atoms. The number of aromatic nitrogens is 2. The van der Waals surface area contributed by atoms with Crippen LogP contribution in [0.3, 0.4) is 0 Å². The number of fused-ring (bicyclic) bond motifs is 1. The largest absolute Gasteiger partial charge is 0.375 e. The first-order valence-electron chi connectivity index (χ1n) is 10.9. The summed E-state index contributed by atoms with van der Waals surface area (Å²) >= 11 is 0. The molecule has 0 amide bonds. The molecule has 2 saturated heterocycles. The SMILES string of the molecule is C[C@@H]1CN(c2ccc(Nc3nc(N4CCC(F)(F)C4)cc4cc[nH]c(=O)c34)cc2F)CCO1. The van der Waals surface area contributed by atoms with Gasteiger partial charge in [-0.2, -0.15) is 0 Å². The highest BCUT2D eigenvalue weighted by atomic mass is 19.3. The van der Waals surface area contributed by atoms with Gasteiger partial charge in [0.15, 0.2) is 0 Å². The van der Waals surface area contributed by atoms with Crippen LogP contribution in [0.15, 0.2) is 41.3 Å². The summed E-state index contributed by atoms with van der Waals surface area (Å²) in [5.74, 6) is -2.67. The van der Waals surface area contributed by atoms with Gasteiger partial charge in [-0.05, 0) is 42.6 Å². The molecule has 1 atom stereocenters. The van der Waals surface area contributed by atoms with E-state index in [0.717, 1.165) is 0 Å². The number of pyridine rings is 2. The number of alkyl halides is 2. The number of ether oxygens (including phenoxy) is 1. The Morgan fingerprint density at radius 1 is 1.21 bits per heavy atom. The maximum absolute atomic E-state index is 15.0. The molecule has 0 bridgehead atoms. The number of benzene rings is 1. The maximum atomic E-state index is 15.0. The topological polar surface area (TPSA) is 73.5 Å². The van der Waals surface area contributed by atoms with Crippen molar-refractivity contribution in [3.63, 3.8) is 0 Å². The molecule has 2 aromatic heterocycles. The summed E-state index contributed by atoms with van der Waals surface area (Å²) in [6.45, 7) is 3.38. The molecular formula is C23H24F3N5O2. The Balaban J connectivity index is 1.49. The highest BCUT2D eigenvalue weighted by Gasteiger charge is 2.39. The minimum Gasteiger partial charge on any atom is -0.375 e. The van der Waals surface area contributed by atoms with E-state index >= 15 is 0 Å². The van der Waals surface area contributed by atoms with Crippen molar-refractivity contribution in [3.05, 3.63) is 52.7 Å².